The van der Waals surface area contributed by atoms with E-state index >= 15 is 0 Å². The number of nitrogens with zero attached hydrogens (tertiary/aromatic N) is 1. The van der Waals surface area contributed by atoms with Crippen LogP contribution in [-0.2, 0) is 4.79 Å². The molecule has 0 unspecified atom stereocenters. The molecule has 1 aromatic rings. The van der Waals surface area contributed by atoms with Gasteiger partial charge in [0.15, 0.2) is 0 Å². The Balaban J connectivity index is 2.87. The van der Waals surface area contributed by atoms with Crippen LogP contribution in [0.25, 0.3) is 0 Å². The molecule has 0 spiro atoms. The highest BCUT2D eigenvalue weighted by Crippen LogP contribution is 2.20. The molecule has 2 nitrogen and oxygen atoms in total. The van der Waals surface area contributed by atoms with Crippen molar-refractivity contribution in [3.05, 3.63) is 28.7 Å². The van der Waals surface area contributed by atoms with E-state index in [2.05, 4.69) is 15.9 Å². The highest BCUT2D eigenvalue weighted by molar-refractivity contribution is 9.10. The quantitative estimate of drug-likeness (QED) is 0.818. The first-order valence-corrected chi connectivity index (χ1v) is 6.04. The summed E-state index contributed by atoms with van der Waals surface area (Å²) in [5, 5.41) is 0. The number of rotatable bonds is 4. The van der Waals surface area contributed by atoms with Crippen molar-refractivity contribution in [2.24, 2.45) is 0 Å². The molecule has 15 heavy (non-hydrogen) atoms. The molecule has 1 rings (SSSR count). The number of carbonyl (C=O) groups is 1. The molecule has 0 saturated heterocycles. The summed E-state index contributed by atoms with van der Waals surface area (Å²) in [5.41, 5.74) is 0.963. The Morgan fingerprint density at radius 3 is 2.67 bits per heavy atom. The van der Waals surface area contributed by atoms with Gasteiger partial charge in [-0.3, -0.25) is 4.79 Å². The Morgan fingerprint density at radius 2 is 2.13 bits per heavy atom. The highest BCUT2D eigenvalue weighted by Gasteiger charge is 2.12. The zero-order valence-corrected chi connectivity index (χ0v) is 10.8. The second-order valence-corrected chi connectivity index (χ2v) is 4.28. The predicted molar refractivity (Wildman–Crippen MR) is 67.1 cm³/mol. The van der Waals surface area contributed by atoms with Crippen LogP contribution in [0.3, 0.4) is 0 Å². The maximum Gasteiger partial charge on any atom is 0.226 e. The van der Waals surface area contributed by atoms with Gasteiger partial charge in [0.25, 0.3) is 0 Å². The minimum absolute atomic E-state index is 0.193. The first-order valence-electron chi connectivity index (χ1n) is 5.25. The van der Waals surface area contributed by atoms with Crippen molar-refractivity contribution >= 4 is 27.5 Å². The van der Waals surface area contributed by atoms with Crippen molar-refractivity contribution in [1.29, 1.82) is 0 Å². The number of carbonyl (C=O) groups excluding carboxylic acids is 1. The van der Waals surface area contributed by atoms with Crippen molar-refractivity contribution in [3.63, 3.8) is 0 Å². The molecule has 1 amide bonds. The Hall–Kier alpha value is -0.830. The van der Waals surface area contributed by atoms with Gasteiger partial charge in [-0.1, -0.05) is 28.9 Å². The Bertz CT molecular complexity index is 338. The number of amides is 1. The molecule has 0 aliphatic carbocycles. The summed E-state index contributed by atoms with van der Waals surface area (Å²) in [6.07, 6.45) is 1.50. The second kappa shape index (κ2) is 5.91. The Kier molecular flexibility index (Phi) is 4.82. The molecular formula is C12H16BrNO. The lowest BCUT2D eigenvalue weighted by molar-refractivity contribution is -0.118. The third-order valence-electron chi connectivity index (χ3n) is 2.20. The molecule has 0 saturated carbocycles. The molecule has 82 valence electrons. The van der Waals surface area contributed by atoms with Crippen molar-refractivity contribution in [3.8, 4) is 0 Å². The summed E-state index contributed by atoms with van der Waals surface area (Å²) in [6.45, 7) is 4.73. The molecule has 0 heterocycles. The molecule has 1 aromatic carbocycles. The lowest BCUT2D eigenvalue weighted by Gasteiger charge is -2.21. The van der Waals surface area contributed by atoms with Gasteiger partial charge >= 0.3 is 0 Å². The highest BCUT2D eigenvalue weighted by atomic mass is 79.9. The van der Waals surface area contributed by atoms with Crippen LogP contribution >= 0.6 is 15.9 Å². The zero-order valence-electron chi connectivity index (χ0n) is 9.16. The van der Waals surface area contributed by atoms with Gasteiger partial charge < -0.3 is 4.90 Å². The topological polar surface area (TPSA) is 20.3 Å². The first kappa shape index (κ1) is 12.2. The Morgan fingerprint density at radius 1 is 1.40 bits per heavy atom. The molecule has 0 radical (unpaired) electrons. The van der Waals surface area contributed by atoms with Crippen LogP contribution in [0.1, 0.15) is 26.7 Å². The molecular weight excluding hydrogens is 254 g/mol. The summed E-state index contributed by atoms with van der Waals surface area (Å²) in [7, 11) is 0. The van der Waals surface area contributed by atoms with Crippen LogP contribution in [0.2, 0.25) is 0 Å². The smallest absolute Gasteiger partial charge is 0.226 e. The molecule has 0 aliphatic rings. The van der Waals surface area contributed by atoms with E-state index in [0.717, 1.165) is 23.1 Å². The van der Waals surface area contributed by atoms with Crippen molar-refractivity contribution in [2.75, 3.05) is 11.4 Å². The standard InChI is InChI=1S/C12H16BrNO/c1-3-6-12(15)14(4-2)11-8-5-7-10(13)9-11/h5,7-9H,3-4,6H2,1-2H3. The van der Waals surface area contributed by atoms with Gasteiger partial charge in [0.05, 0.1) is 0 Å². The maximum atomic E-state index is 11.8. The first-order chi connectivity index (χ1) is 7.19. The lowest BCUT2D eigenvalue weighted by Crippen LogP contribution is -2.30. The van der Waals surface area contributed by atoms with E-state index in [-0.39, 0.29) is 5.91 Å². The average Bonchev–Trinajstić information content (AvgIpc) is 2.19. The molecule has 0 atom stereocenters. The second-order valence-electron chi connectivity index (χ2n) is 3.37. The molecule has 0 fully saturated rings. The summed E-state index contributed by atoms with van der Waals surface area (Å²) in [5.74, 6) is 0.193. The van der Waals surface area contributed by atoms with Crippen LogP contribution in [0, 0.1) is 0 Å². The van der Waals surface area contributed by atoms with Gasteiger partial charge in [-0.05, 0) is 31.5 Å². The minimum Gasteiger partial charge on any atom is -0.313 e. The number of hydrogen-bond donors (Lipinski definition) is 0. The van der Waals surface area contributed by atoms with Crippen LogP contribution in [0.4, 0.5) is 5.69 Å². The molecule has 0 aromatic heterocycles. The van der Waals surface area contributed by atoms with E-state index in [1.807, 2.05) is 43.0 Å². The fourth-order valence-corrected chi connectivity index (χ4v) is 1.88. The average molecular weight is 270 g/mol. The summed E-state index contributed by atoms with van der Waals surface area (Å²) in [6, 6.07) is 7.84. The van der Waals surface area contributed by atoms with E-state index in [1.54, 1.807) is 0 Å². The molecule has 3 heteroatoms. The normalized spacial score (nSPS) is 10.1. The van der Waals surface area contributed by atoms with Crippen LogP contribution < -0.4 is 4.90 Å². The van der Waals surface area contributed by atoms with Gasteiger partial charge in [0.2, 0.25) is 5.91 Å². The number of benzene rings is 1. The molecule has 0 bridgehead atoms. The van der Waals surface area contributed by atoms with Crippen molar-refractivity contribution in [1.82, 2.24) is 0 Å². The SMILES string of the molecule is CCCC(=O)N(CC)c1cccc(Br)c1. The summed E-state index contributed by atoms with van der Waals surface area (Å²) >= 11 is 3.41. The van der Waals surface area contributed by atoms with Crippen LogP contribution in [0.5, 0.6) is 0 Å². The zero-order chi connectivity index (χ0) is 11.3. The van der Waals surface area contributed by atoms with Crippen molar-refractivity contribution < 1.29 is 4.79 Å². The van der Waals surface area contributed by atoms with E-state index in [4.69, 9.17) is 0 Å². The van der Waals surface area contributed by atoms with E-state index in [9.17, 15) is 4.79 Å². The van der Waals surface area contributed by atoms with Crippen LogP contribution in [-0.4, -0.2) is 12.5 Å². The third-order valence-corrected chi connectivity index (χ3v) is 2.69. The minimum atomic E-state index is 0.193. The van der Waals surface area contributed by atoms with Crippen molar-refractivity contribution in [2.45, 2.75) is 26.7 Å². The number of hydrogen-bond acceptors (Lipinski definition) is 1. The molecule has 0 aliphatic heterocycles. The number of anilines is 1. The van der Waals surface area contributed by atoms with Gasteiger partial charge in [0, 0.05) is 23.1 Å². The fourth-order valence-electron chi connectivity index (χ4n) is 1.50. The summed E-state index contributed by atoms with van der Waals surface area (Å²) in [4.78, 5) is 13.6. The maximum absolute atomic E-state index is 11.8. The third kappa shape index (κ3) is 3.34. The van der Waals surface area contributed by atoms with Gasteiger partial charge in [0.1, 0.15) is 0 Å². The lowest BCUT2D eigenvalue weighted by atomic mass is 10.2. The summed E-state index contributed by atoms with van der Waals surface area (Å²) < 4.78 is 1.00. The van der Waals surface area contributed by atoms with Gasteiger partial charge in [-0.2, -0.15) is 0 Å². The van der Waals surface area contributed by atoms with E-state index < -0.39 is 0 Å². The van der Waals surface area contributed by atoms with E-state index in [1.165, 1.54) is 0 Å². The largest absolute Gasteiger partial charge is 0.313 e. The van der Waals surface area contributed by atoms with E-state index in [0.29, 0.717) is 6.42 Å². The van der Waals surface area contributed by atoms with Gasteiger partial charge in [-0.25, -0.2) is 0 Å². The van der Waals surface area contributed by atoms with Gasteiger partial charge in [-0.15, -0.1) is 0 Å². The fraction of sp³-hybridized carbons (Fsp3) is 0.417. The number of halogens is 1. The monoisotopic (exact) mass is 269 g/mol. The van der Waals surface area contributed by atoms with Crippen LogP contribution in [0.15, 0.2) is 28.7 Å². The Labute approximate surface area is 99.4 Å². The predicted octanol–water partition coefficient (Wildman–Crippen LogP) is 3.60. The molecule has 0 N–H and O–H groups in total.